The van der Waals surface area contributed by atoms with Crippen LogP contribution in [0.5, 0.6) is 11.5 Å². The number of ether oxygens (including phenoxy) is 3. The van der Waals surface area contributed by atoms with Crippen molar-refractivity contribution < 1.29 is 46.5 Å². The second-order valence-electron chi connectivity index (χ2n) is 11.1. The minimum absolute atomic E-state index is 0.0101. The van der Waals surface area contributed by atoms with E-state index in [1.54, 1.807) is 13.0 Å². The molecule has 2 heterocycles. The smallest absolute Gasteiger partial charge is 0.424 e. The summed E-state index contributed by atoms with van der Waals surface area (Å²) in [6, 6.07) is 10.2. The van der Waals surface area contributed by atoms with E-state index in [2.05, 4.69) is 10.3 Å². The number of aromatic nitrogens is 1. The van der Waals surface area contributed by atoms with Crippen LogP contribution in [-0.4, -0.2) is 73.6 Å². The summed E-state index contributed by atoms with van der Waals surface area (Å²) in [5, 5.41) is 13.4. The first-order chi connectivity index (χ1) is 21.9. The zero-order chi connectivity index (χ0) is 33.1. The lowest BCUT2D eigenvalue weighted by molar-refractivity contribution is -0.265. The predicted octanol–water partition coefficient (Wildman–Crippen LogP) is 3.87. The van der Waals surface area contributed by atoms with Gasteiger partial charge in [0.05, 0.1) is 50.3 Å². The number of benzene rings is 2. The molecule has 1 aliphatic carbocycles. The highest BCUT2D eigenvalue weighted by Crippen LogP contribution is 2.42. The van der Waals surface area contributed by atoms with Crippen LogP contribution in [0.15, 0.2) is 48.5 Å². The minimum atomic E-state index is -5.34. The number of nitrogens with one attached hydrogen (secondary N) is 1. The van der Waals surface area contributed by atoms with Gasteiger partial charge >= 0.3 is 6.18 Å². The second-order valence-corrected chi connectivity index (χ2v) is 11.1. The third kappa shape index (κ3) is 7.34. The Labute approximate surface area is 262 Å². The number of carbonyl (C=O) groups is 2. The number of morpholine rings is 1. The van der Waals surface area contributed by atoms with Crippen LogP contribution in [0.1, 0.15) is 41.4 Å². The van der Waals surface area contributed by atoms with Crippen molar-refractivity contribution in [1.82, 2.24) is 10.3 Å². The molecule has 1 aromatic heterocycles. The molecule has 2 aliphatic rings. The number of anilines is 1. The fraction of sp³-hybridized carbons (Fsp3) is 0.406. The lowest BCUT2D eigenvalue weighted by Gasteiger charge is -2.32. The fourth-order valence-corrected chi connectivity index (χ4v) is 5.05. The van der Waals surface area contributed by atoms with Crippen molar-refractivity contribution in [2.45, 2.75) is 44.1 Å². The van der Waals surface area contributed by atoms with E-state index in [0.717, 1.165) is 36.7 Å². The Kier molecular flexibility index (Phi) is 9.68. The summed E-state index contributed by atoms with van der Waals surface area (Å²) in [6.07, 6.45) is -4.19. The van der Waals surface area contributed by atoms with Crippen LogP contribution < -0.4 is 25.4 Å². The summed E-state index contributed by atoms with van der Waals surface area (Å²) in [4.78, 5) is 31.3. The first-order valence-corrected chi connectivity index (χ1v) is 14.8. The van der Waals surface area contributed by atoms with Crippen molar-refractivity contribution in [3.63, 3.8) is 0 Å². The zero-order valence-electron chi connectivity index (χ0n) is 25.0. The molecule has 0 spiro atoms. The Balaban J connectivity index is 1.49. The summed E-state index contributed by atoms with van der Waals surface area (Å²) in [5.41, 5.74) is 1.43. The Morgan fingerprint density at radius 2 is 1.80 bits per heavy atom. The van der Waals surface area contributed by atoms with Crippen LogP contribution in [-0.2, 0) is 21.6 Å². The number of alkyl halides is 3. The molecule has 2 aromatic carbocycles. The zero-order valence-corrected chi connectivity index (χ0v) is 25.0. The van der Waals surface area contributed by atoms with Gasteiger partial charge in [-0.1, -0.05) is 0 Å². The summed E-state index contributed by atoms with van der Waals surface area (Å²) >= 11 is 0. The average molecular weight is 647 g/mol. The summed E-state index contributed by atoms with van der Waals surface area (Å²) in [5.74, 6) is -1.99. The van der Waals surface area contributed by atoms with Crippen molar-refractivity contribution in [2.24, 2.45) is 5.73 Å². The van der Waals surface area contributed by atoms with Crippen molar-refractivity contribution >= 4 is 17.5 Å². The van der Waals surface area contributed by atoms with Crippen LogP contribution in [0.2, 0.25) is 0 Å². The molecule has 14 heteroatoms. The van der Waals surface area contributed by atoms with Gasteiger partial charge in [0, 0.05) is 29.8 Å². The van der Waals surface area contributed by atoms with Gasteiger partial charge in [0.2, 0.25) is 11.5 Å². The maximum absolute atomic E-state index is 14.7. The number of aliphatic hydroxyl groups is 1. The highest BCUT2D eigenvalue weighted by atomic mass is 19.4. The molecule has 0 bridgehead atoms. The number of hydrogen-bond donors (Lipinski definition) is 3. The van der Waals surface area contributed by atoms with Crippen LogP contribution in [0, 0.1) is 5.82 Å². The summed E-state index contributed by atoms with van der Waals surface area (Å²) in [6.45, 7) is 2.61. The molecular formula is C32H34F4N4O6. The van der Waals surface area contributed by atoms with Crippen molar-refractivity contribution in [3.05, 3.63) is 71.2 Å². The number of hydrogen-bond acceptors (Lipinski definition) is 8. The summed E-state index contributed by atoms with van der Waals surface area (Å²) < 4.78 is 74.9. The van der Waals surface area contributed by atoms with E-state index in [1.165, 1.54) is 24.3 Å². The molecule has 5 rings (SSSR count). The van der Waals surface area contributed by atoms with Gasteiger partial charge in [-0.3, -0.25) is 9.59 Å². The van der Waals surface area contributed by atoms with Crippen LogP contribution >= 0.6 is 0 Å². The molecule has 1 saturated carbocycles. The van der Waals surface area contributed by atoms with E-state index in [4.69, 9.17) is 19.9 Å². The van der Waals surface area contributed by atoms with Gasteiger partial charge in [0.15, 0.2) is 0 Å². The van der Waals surface area contributed by atoms with Gasteiger partial charge in [0.25, 0.3) is 5.91 Å². The maximum atomic E-state index is 14.7. The highest BCUT2D eigenvalue weighted by molar-refractivity contribution is 5.95. The minimum Gasteiger partial charge on any atom is -0.491 e. The normalized spacial score (nSPS) is 16.4. The molecule has 3 aromatic rings. The molecule has 2 amide bonds. The standard InChI is InChI=1S/C32H34F4N4O6/c1-2-45-29-21(17-27(37)41)16-26(39-28(29)19-3-6-22(33)7-4-19)31(43,32(34,35)36)18-38-30(42)20-5-10-24(40-11-13-44-14-12-40)25(15-20)46-23-8-9-23/h3-7,10,15-16,23,43H,2,8-9,11-14,17-18H2,1H3,(H2,37,41)(H,38,42)/t31-/m0/s1. The largest absolute Gasteiger partial charge is 0.491 e. The van der Waals surface area contributed by atoms with E-state index >= 15 is 0 Å². The van der Waals surface area contributed by atoms with Crippen LogP contribution in [0.25, 0.3) is 11.3 Å². The predicted molar refractivity (Wildman–Crippen MR) is 159 cm³/mol. The number of nitrogens with zero attached hydrogens (tertiary/aromatic N) is 2. The molecule has 0 unspecified atom stereocenters. The number of primary amides is 1. The number of carbonyl (C=O) groups excluding carboxylic acids is 2. The van der Waals surface area contributed by atoms with E-state index in [-0.39, 0.29) is 40.8 Å². The molecule has 1 aliphatic heterocycles. The lowest BCUT2D eigenvalue weighted by Crippen LogP contribution is -2.51. The van der Waals surface area contributed by atoms with Gasteiger partial charge in [-0.25, -0.2) is 9.37 Å². The molecular weight excluding hydrogens is 612 g/mol. The lowest BCUT2D eigenvalue weighted by atomic mass is 9.93. The molecule has 10 nitrogen and oxygen atoms in total. The Bertz CT molecular complexity index is 1580. The topological polar surface area (TPSA) is 136 Å². The molecule has 4 N–H and O–H groups in total. The van der Waals surface area contributed by atoms with Gasteiger partial charge in [0.1, 0.15) is 23.0 Å². The quantitative estimate of drug-likeness (QED) is 0.253. The Hall–Kier alpha value is -4.43. The van der Waals surface area contributed by atoms with Crippen LogP contribution in [0.3, 0.4) is 0 Å². The number of rotatable bonds is 12. The molecule has 246 valence electrons. The number of pyridine rings is 1. The van der Waals surface area contributed by atoms with Gasteiger partial charge < -0.3 is 35.3 Å². The number of amides is 2. The van der Waals surface area contributed by atoms with Gasteiger partial charge in [-0.2, -0.15) is 13.2 Å². The van der Waals surface area contributed by atoms with E-state index < -0.39 is 48.1 Å². The molecule has 0 radical (unpaired) electrons. The first-order valence-electron chi connectivity index (χ1n) is 14.8. The summed E-state index contributed by atoms with van der Waals surface area (Å²) in [7, 11) is 0. The number of halogens is 4. The molecule has 1 atom stereocenters. The third-order valence-corrected chi connectivity index (χ3v) is 7.61. The van der Waals surface area contributed by atoms with Crippen molar-refractivity contribution in [2.75, 3.05) is 44.4 Å². The van der Waals surface area contributed by atoms with E-state index in [0.29, 0.717) is 32.1 Å². The third-order valence-electron chi connectivity index (χ3n) is 7.61. The molecule has 46 heavy (non-hydrogen) atoms. The second kappa shape index (κ2) is 13.5. The fourth-order valence-electron chi connectivity index (χ4n) is 5.05. The van der Waals surface area contributed by atoms with Gasteiger partial charge in [-0.15, -0.1) is 0 Å². The monoisotopic (exact) mass is 646 g/mol. The van der Waals surface area contributed by atoms with Gasteiger partial charge in [-0.05, 0) is 68.3 Å². The molecule has 2 fully saturated rings. The first kappa shape index (κ1) is 32.9. The van der Waals surface area contributed by atoms with E-state index in [1.807, 2.05) is 4.90 Å². The van der Waals surface area contributed by atoms with Crippen molar-refractivity contribution in [3.8, 4) is 22.8 Å². The molecule has 1 saturated heterocycles. The highest BCUT2D eigenvalue weighted by Gasteiger charge is 2.56. The van der Waals surface area contributed by atoms with E-state index in [9.17, 15) is 32.3 Å². The Morgan fingerprint density at radius 3 is 2.41 bits per heavy atom. The average Bonchev–Trinajstić information content (AvgIpc) is 3.84. The SMILES string of the molecule is CCOc1c(CC(N)=O)cc([C@@](O)(CNC(=O)c2ccc(N3CCOCC3)c(OC3CC3)c2)C(F)(F)F)nc1-c1ccc(F)cc1. The van der Waals surface area contributed by atoms with Crippen molar-refractivity contribution in [1.29, 1.82) is 0 Å². The Morgan fingerprint density at radius 1 is 1.11 bits per heavy atom. The maximum Gasteiger partial charge on any atom is 0.424 e. The number of nitrogens with two attached hydrogens (primary N) is 1. The van der Waals surface area contributed by atoms with Crippen LogP contribution in [0.4, 0.5) is 23.2 Å².